The molecule has 0 radical (unpaired) electrons. The van der Waals surface area contributed by atoms with Crippen molar-refractivity contribution in [2.45, 2.75) is 77.6 Å². The molecular formula is C19H31NO2. The number of rotatable bonds is 12. The van der Waals surface area contributed by atoms with Crippen LogP contribution in [0.1, 0.15) is 75.3 Å². The van der Waals surface area contributed by atoms with Crippen molar-refractivity contribution >= 4 is 5.91 Å². The first kappa shape index (κ1) is 18.7. The van der Waals surface area contributed by atoms with Crippen LogP contribution in [0.2, 0.25) is 0 Å². The Balaban J connectivity index is 1.84. The maximum Gasteiger partial charge on any atom is 0.243 e. The van der Waals surface area contributed by atoms with Gasteiger partial charge in [-0.1, -0.05) is 74.8 Å². The molecule has 0 saturated heterocycles. The molecule has 124 valence electrons. The number of amides is 1. The predicted molar refractivity (Wildman–Crippen MR) is 91.0 cm³/mol. The topological polar surface area (TPSA) is 49.3 Å². The van der Waals surface area contributed by atoms with Crippen molar-refractivity contribution in [1.82, 2.24) is 5.48 Å². The minimum absolute atomic E-state index is 0.270. The van der Waals surface area contributed by atoms with Crippen molar-refractivity contribution in [3.05, 3.63) is 35.4 Å². The van der Waals surface area contributed by atoms with E-state index in [0.29, 0.717) is 6.42 Å². The number of carbonyl (C=O) groups excluding carboxylic acids is 1. The Morgan fingerprint density at radius 1 is 0.864 bits per heavy atom. The van der Waals surface area contributed by atoms with Gasteiger partial charge in [-0.3, -0.25) is 10.0 Å². The molecular weight excluding hydrogens is 274 g/mol. The lowest BCUT2D eigenvalue weighted by Gasteiger charge is -2.04. The van der Waals surface area contributed by atoms with Crippen LogP contribution in [0.4, 0.5) is 0 Å². The standard InChI is InChI=1S/C19H31NO2/c1-17-13-15-18(16-14-17)11-9-7-5-3-2-4-6-8-10-12-19(21)20-22/h13-16,22H,2-12H2,1H3,(H,20,21). The van der Waals surface area contributed by atoms with Crippen LogP contribution in [0.3, 0.4) is 0 Å². The minimum atomic E-state index is -0.270. The third kappa shape index (κ3) is 9.56. The molecule has 3 heteroatoms. The number of unbranched alkanes of at least 4 members (excludes halogenated alkanes) is 8. The van der Waals surface area contributed by atoms with Gasteiger partial charge < -0.3 is 0 Å². The Bertz CT molecular complexity index is 400. The van der Waals surface area contributed by atoms with Crippen molar-refractivity contribution in [3.63, 3.8) is 0 Å². The van der Waals surface area contributed by atoms with E-state index < -0.39 is 0 Å². The van der Waals surface area contributed by atoms with Gasteiger partial charge in [-0.15, -0.1) is 0 Å². The molecule has 0 atom stereocenters. The van der Waals surface area contributed by atoms with E-state index in [1.807, 2.05) is 0 Å². The Kier molecular flexibility index (Phi) is 10.4. The Hall–Kier alpha value is -1.35. The van der Waals surface area contributed by atoms with E-state index in [1.165, 1.54) is 62.5 Å². The number of benzene rings is 1. The molecule has 1 amide bonds. The number of nitrogens with one attached hydrogen (secondary N) is 1. The largest absolute Gasteiger partial charge is 0.289 e. The van der Waals surface area contributed by atoms with Crippen LogP contribution < -0.4 is 5.48 Å². The molecule has 0 spiro atoms. The maximum absolute atomic E-state index is 10.8. The highest BCUT2D eigenvalue weighted by Crippen LogP contribution is 2.13. The molecule has 1 rings (SSSR count). The Morgan fingerprint density at radius 2 is 1.36 bits per heavy atom. The molecule has 0 bridgehead atoms. The quantitative estimate of drug-likeness (QED) is 0.326. The van der Waals surface area contributed by atoms with Gasteiger partial charge in [0.05, 0.1) is 0 Å². The van der Waals surface area contributed by atoms with Crippen LogP contribution in [0.15, 0.2) is 24.3 Å². The maximum atomic E-state index is 10.8. The number of hydrogen-bond donors (Lipinski definition) is 2. The smallest absolute Gasteiger partial charge is 0.243 e. The van der Waals surface area contributed by atoms with Crippen LogP contribution in [0, 0.1) is 6.92 Å². The summed E-state index contributed by atoms with van der Waals surface area (Å²) in [6.45, 7) is 2.13. The summed E-state index contributed by atoms with van der Waals surface area (Å²) in [5.74, 6) is -0.270. The third-order valence-corrected chi connectivity index (χ3v) is 4.11. The van der Waals surface area contributed by atoms with Crippen molar-refractivity contribution in [2.75, 3.05) is 0 Å². The van der Waals surface area contributed by atoms with Gasteiger partial charge in [-0.2, -0.15) is 0 Å². The second kappa shape index (κ2) is 12.2. The zero-order chi connectivity index (χ0) is 16.0. The second-order valence-corrected chi connectivity index (χ2v) is 6.20. The van der Waals surface area contributed by atoms with Crippen molar-refractivity contribution in [2.24, 2.45) is 0 Å². The van der Waals surface area contributed by atoms with E-state index >= 15 is 0 Å². The SMILES string of the molecule is Cc1ccc(CCCCCCCCCCCC(=O)NO)cc1. The molecule has 1 aromatic carbocycles. The molecule has 0 aliphatic rings. The molecule has 2 N–H and O–H groups in total. The first-order chi connectivity index (χ1) is 10.7. The second-order valence-electron chi connectivity index (χ2n) is 6.20. The summed E-state index contributed by atoms with van der Waals surface area (Å²) >= 11 is 0. The van der Waals surface area contributed by atoms with Gasteiger partial charge in [0.25, 0.3) is 0 Å². The first-order valence-corrected chi connectivity index (χ1v) is 8.71. The van der Waals surface area contributed by atoms with Gasteiger partial charge >= 0.3 is 0 Å². The third-order valence-electron chi connectivity index (χ3n) is 4.11. The normalized spacial score (nSPS) is 10.6. The van der Waals surface area contributed by atoms with Gasteiger partial charge in [-0.05, 0) is 31.7 Å². The molecule has 0 aromatic heterocycles. The van der Waals surface area contributed by atoms with Crippen molar-refractivity contribution in [1.29, 1.82) is 0 Å². The lowest BCUT2D eigenvalue weighted by atomic mass is 10.0. The van der Waals surface area contributed by atoms with E-state index in [4.69, 9.17) is 5.21 Å². The molecule has 0 heterocycles. The summed E-state index contributed by atoms with van der Waals surface area (Å²) in [5.41, 5.74) is 4.46. The summed E-state index contributed by atoms with van der Waals surface area (Å²) in [4.78, 5) is 10.8. The van der Waals surface area contributed by atoms with Gasteiger partial charge in [0.15, 0.2) is 0 Å². The zero-order valence-corrected chi connectivity index (χ0v) is 13.9. The summed E-state index contributed by atoms with van der Waals surface area (Å²) in [6.07, 6.45) is 12.6. The lowest BCUT2D eigenvalue weighted by Crippen LogP contribution is -2.17. The molecule has 0 aliphatic heterocycles. The fourth-order valence-corrected chi connectivity index (χ4v) is 2.66. The van der Waals surface area contributed by atoms with E-state index in [-0.39, 0.29) is 5.91 Å². The van der Waals surface area contributed by atoms with Crippen LogP contribution in [0.5, 0.6) is 0 Å². The van der Waals surface area contributed by atoms with Crippen molar-refractivity contribution in [3.8, 4) is 0 Å². The molecule has 1 aromatic rings. The molecule has 0 aliphatic carbocycles. The van der Waals surface area contributed by atoms with E-state index in [9.17, 15) is 4.79 Å². The lowest BCUT2D eigenvalue weighted by molar-refractivity contribution is -0.129. The number of hydroxylamine groups is 1. The summed E-state index contributed by atoms with van der Waals surface area (Å²) in [7, 11) is 0. The Morgan fingerprint density at radius 3 is 1.91 bits per heavy atom. The van der Waals surface area contributed by atoms with Gasteiger partial charge in [0.2, 0.25) is 5.91 Å². The number of aryl methyl sites for hydroxylation is 2. The van der Waals surface area contributed by atoms with Crippen LogP contribution >= 0.6 is 0 Å². The van der Waals surface area contributed by atoms with Gasteiger partial charge in [0.1, 0.15) is 0 Å². The summed E-state index contributed by atoms with van der Waals surface area (Å²) < 4.78 is 0. The summed E-state index contributed by atoms with van der Waals surface area (Å²) in [6, 6.07) is 8.87. The van der Waals surface area contributed by atoms with E-state index in [0.717, 1.165) is 12.8 Å². The first-order valence-electron chi connectivity index (χ1n) is 8.71. The molecule has 0 saturated carbocycles. The minimum Gasteiger partial charge on any atom is -0.289 e. The van der Waals surface area contributed by atoms with Gasteiger partial charge in [-0.25, -0.2) is 5.48 Å². The highest BCUT2D eigenvalue weighted by atomic mass is 16.5. The molecule has 0 unspecified atom stereocenters. The van der Waals surface area contributed by atoms with Crippen molar-refractivity contribution < 1.29 is 10.0 Å². The number of hydrogen-bond acceptors (Lipinski definition) is 2. The van der Waals surface area contributed by atoms with Crippen LogP contribution in [0.25, 0.3) is 0 Å². The Labute approximate surface area is 135 Å². The summed E-state index contributed by atoms with van der Waals surface area (Å²) in [5, 5.41) is 8.36. The monoisotopic (exact) mass is 305 g/mol. The predicted octanol–water partition coefficient (Wildman–Crippen LogP) is 4.94. The fraction of sp³-hybridized carbons (Fsp3) is 0.632. The molecule has 0 fully saturated rings. The van der Waals surface area contributed by atoms with Crippen LogP contribution in [-0.2, 0) is 11.2 Å². The highest BCUT2D eigenvalue weighted by molar-refractivity contribution is 5.74. The van der Waals surface area contributed by atoms with Crippen LogP contribution in [-0.4, -0.2) is 11.1 Å². The average Bonchev–Trinajstić information content (AvgIpc) is 2.54. The average molecular weight is 305 g/mol. The van der Waals surface area contributed by atoms with E-state index in [2.05, 4.69) is 31.2 Å². The fourth-order valence-electron chi connectivity index (χ4n) is 2.66. The van der Waals surface area contributed by atoms with E-state index in [1.54, 1.807) is 5.48 Å². The molecule has 3 nitrogen and oxygen atoms in total. The number of carbonyl (C=O) groups is 1. The van der Waals surface area contributed by atoms with Gasteiger partial charge in [0, 0.05) is 6.42 Å². The zero-order valence-electron chi connectivity index (χ0n) is 13.9. The highest BCUT2D eigenvalue weighted by Gasteiger charge is 1.98. The molecule has 22 heavy (non-hydrogen) atoms.